The highest BCUT2D eigenvalue weighted by Crippen LogP contribution is 2.53. The summed E-state index contributed by atoms with van der Waals surface area (Å²) in [6.45, 7) is 20.0. The monoisotopic (exact) mass is 882 g/mol. The van der Waals surface area contributed by atoms with Crippen molar-refractivity contribution in [2.24, 2.45) is 0 Å². The number of rotatable bonds is 37. The number of carbonyl (C=O) groups is 3. The van der Waals surface area contributed by atoms with E-state index < -0.39 is 22.4 Å². The van der Waals surface area contributed by atoms with Crippen LogP contribution in [0.15, 0.2) is 30.3 Å². The molecule has 7 nitrogen and oxygen atoms in total. The van der Waals surface area contributed by atoms with E-state index in [0.717, 1.165) is 70.0 Å². The minimum atomic E-state index is -0.710. The number of nitrogens with one attached hydrogen (secondary N) is 1. The number of hydrogen-bond acceptors (Lipinski definition) is 6. The molecule has 356 valence electrons. The van der Waals surface area contributed by atoms with Gasteiger partial charge in [0.15, 0.2) is 0 Å². The van der Waals surface area contributed by atoms with Crippen LogP contribution in [-0.2, 0) is 25.5 Å². The molecule has 2 saturated heterocycles. The van der Waals surface area contributed by atoms with Crippen LogP contribution in [0.4, 0.5) is 0 Å². The summed E-state index contributed by atoms with van der Waals surface area (Å²) < 4.78 is 6.75. The van der Waals surface area contributed by atoms with Crippen molar-refractivity contribution in [3.05, 3.63) is 35.9 Å². The second kappa shape index (κ2) is 29.5. The van der Waals surface area contributed by atoms with Gasteiger partial charge in [0.05, 0.1) is 12.0 Å². The summed E-state index contributed by atoms with van der Waals surface area (Å²) in [5, 5.41) is 2.74. The van der Waals surface area contributed by atoms with Crippen molar-refractivity contribution in [1.29, 1.82) is 0 Å². The third kappa shape index (κ3) is 15.8. The number of benzene rings is 1. The van der Waals surface area contributed by atoms with Gasteiger partial charge in [-0.05, 0) is 71.0 Å². The molecule has 0 saturated carbocycles. The van der Waals surface area contributed by atoms with Crippen molar-refractivity contribution in [3.8, 4) is 0 Å². The highest BCUT2D eigenvalue weighted by Gasteiger charge is 2.66. The number of β-lactam (4-membered cyclic amide) rings is 1. The van der Waals surface area contributed by atoms with Gasteiger partial charge in [0.25, 0.3) is 0 Å². The van der Waals surface area contributed by atoms with Crippen molar-refractivity contribution in [1.82, 2.24) is 15.1 Å². The van der Waals surface area contributed by atoms with Crippen molar-refractivity contribution in [2.75, 3.05) is 13.1 Å². The third-order valence-corrected chi connectivity index (χ3v) is 15.7. The van der Waals surface area contributed by atoms with Crippen LogP contribution in [0.3, 0.4) is 0 Å². The first kappa shape index (κ1) is 54.3. The number of thioether (sulfide) groups is 1. The number of ether oxygens (including phenoxy) is 1. The summed E-state index contributed by atoms with van der Waals surface area (Å²) in [5.41, 5.74) is -0.0540. The molecule has 1 aromatic rings. The Bertz CT molecular complexity index is 1350. The summed E-state index contributed by atoms with van der Waals surface area (Å²) in [7, 11) is 0. The van der Waals surface area contributed by atoms with Crippen LogP contribution in [0, 0.1) is 0 Å². The van der Waals surface area contributed by atoms with Crippen LogP contribution in [0.25, 0.3) is 0 Å². The second-order valence-corrected chi connectivity index (χ2v) is 21.5. The lowest BCUT2D eigenvalue weighted by molar-refractivity contribution is -0.200. The van der Waals surface area contributed by atoms with Crippen LogP contribution in [0.2, 0.25) is 0 Å². The Morgan fingerprint density at radius 3 is 1.52 bits per heavy atom. The minimum absolute atomic E-state index is 0.169. The summed E-state index contributed by atoms with van der Waals surface area (Å²) in [6.07, 6.45) is 34.1. The van der Waals surface area contributed by atoms with Gasteiger partial charge >= 0.3 is 5.97 Å². The smallest absolute Gasteiger partial charge is 0.330 e. The van der Waals surface area contributed by atoms with E-state index in [9.17, 15) is 9.59 Å². The molecule has 0 aliphatic carbocycles. The van der Waals surface area contributed by atoms with E-state index >= 15 is 4.79 Å². The van der Waals surface area contributed by atoms with E-state index in [1.54, 1.807) is 16.7 Å². The largest absolute Gasteiger partial charge is 0.456 e. The van der Waals surface area contributed by atoms with Crippen LogP contribution in [0.5, 0.6) is 0 Å². The summed E-state index contributed by atoms with van der Waals surface area (Å²) in [6, 6.07) is 8.29. The molecule has 0 spiro atoms. The van der Waals surface area contributed by atoms with E-state index in [1.807, 2.05) is 30.3 Å². The topological polar surface area (TPSA) is 79.0 Å². The fraction of sp³-hybridized carbons (Fsp3) is 0.833. The molecule has 2 amide bonds. The molecule has 2 heterocycles. The highest BCUT2D eigenvalue weighted by atomic mass is 32.2. The molecule has 8 heteroatoms. The van der Waals surface area contributed by atoms with Crippen molar-refractivity contribution in [2.45, 2.75) is 275 Å². The maximum atomic E-state index is 15.2. The predicted molar refractivity (Wildman–Crippen MR) is 265 cm³/mol. The predicted octanol–water partition coefficient (Wildman–Crippen LogP) is 14.1. The zero-order chi connectivity index (χ0) is 45.3. The summed E-state index contributed by atoms with van der Waals surface area (Å²) >= 11 is 1.63. The van der Waals surface area contributed by atoms with Crippen molar-refractivity contribution >= 4 is 29.5 Å². The fourth-order valence-electron chi connectivity index (χ4n) is 11.1. The van der Waals surface area contributed by atoms with Gasteiger partial charge in [-0.1, -0.05) is 213 Å². The maximum absolute atomic E-state index is 15.2. The Labute approximate surface area is 386 Å². The summed E-state index contributed by atoms with van der Waals surface area (Å²) in [5.74, 6) is -0.606. The second-order valence-electron chi connectivity index (χ2n) is 19.8. The molecule has 0 unspecified atom stereocenters. The van der Waals surface area contributed by atoms with E-state index in [2.05, 4.69) is 65.6 Å². The molecular weight excluding hydrogens is 787 g/mol. The van der Waals surface area contributed by atoms with Crippen molar-refractivity contribution in [3.63, 3.8) is 0 Å². The molecule has 2 fully saturated rings. The molecule has 1 aromatic carbocycles. The highest BCUT2D eigenvalue weighted by molar-refractivity contribution is 8.01. The Hall–Kier alpha value is -2.06. The van der Waals surface area contributed by atoms with E-state index in [0.29, 0.717) is 0 Å². The molecule has 0 bridgehead atoms. The molecular formula is C54H95N3O4S. The Morgan fingerprint density at radius 2 is 1.08 bits per heavy atom. The Morgan fingerprint density at radius 1 is 0.645 bits per heavy atom. The van der Waals surface area contributed by atoms with Gasteiger partial charge in [0, 0.05) is 4.75 Å². The number of unbranched alkanes of at least 4 members (excludes halogenated alkanes) is 18. The Balaban J connectivity index is 1.86. The number of hydrogen-bond donors (Lipinski definition) is 1. The zero-order valence-electron chi connectivity index (χ0n) is 41.5. The molecule has 62 heavy (non-hydrogen) atoms. The molecule has 3 atom stereocenters. The molecule has 3 rings (SSSR count). The average molecular weight is 882 g/mol. The van der Waals surface area contributed by atoms with Crippen LogP contribution in [-0.4, -0.2) is 74.0 Å². The molecule has 2 aliphatic heterocycles. The fourth-order valence-corrected chi connectivity index (χ4v) is 12.7. The number of amides is 2. The molecule has 2 aliphatic rings. The average Bonchev–Trinajstić information content (AvgIpc) is 3.51. The standard InChI is InChI=1S/C54H95N3O4S/c1-9-15-17-19-21-23-25-27-29-34-42-56(43-35-30-28-26-24-22-20-18-16-10-2)53(38-11-3,39-12-4)54(40-13-5,41-14-6)61-51(60)48-52(7,8)62-50-47(49(59)57(48)50)55-46(58)44-45-36-32-31-33-37-45/h31-33,36-37,47-48,50H,9-30,34-35,38-44H2,1-8H3,(H,55,58)/t47-,48+,50-/m1/s1. The van der Waals surface area contributed by atoms with Crippen molar-refractivity contribution < 1.29 is 19.1 Å². The molecule has 0 radical (unpaired) electrons. The Kier molecular flexibility index (Phi) is 25.8. The van der Waals surface area contributed by atoms with Gasteiger partial charge < -0.3 is 15.0 Å². The van der Waals surface area contributed by atoms with Gasteiger partial charge in [-0.15, -0.1) is 11.8 Å². The normalized spacial score (nSPS) is 18.6. The van der Waals surface area contributed by atoms with Gasteiger partial charge in [0.1, 0.15) is 23.1 Å². The van der Waals surface area contributed by atoms with Crippen LogP contribution >= 0.6 is 11.8 Å². The lowest BCUT2D eigenvalue weighted by Crippen LogP contribution is -2.72. The third-order valence-electron chi connectivity index (χ3n) is 14.1. The number of carbonyl (C=O) groups excluding carboxylic acids is 3. The quantitative estimate of drug-likeness (QED) is 0.0407. The molecule has 1 N–H and O–H groups in total. The first-order valence-electron chi connectivity index (χ1n) is 26.3. The lowest BCUT2D eigenvalue weighted by Gasteiger charge is -2.57. The van der Waals surface area contributed by atoms with Gasteiger partial charge in [-0.25, -0.2) is 4.79 Å². The molecule has 0 aromatic heterocycles. The van der Waals surface area contributed by atoms with Gasteiger partial charge in [-0.3, -0.25) is 14.5 Å². The summed E-state index contributed by atoms with van der Waals surface area (Å²) in [4.78, 5) is 46.9. The maximum Gasteiger partial charge on any atom is 0.330 e. The van der Waals surface area contributed by atoms with Crippen LogP contribution in [0.1, 0.15) is 241 Å². The SMILES string of the molecule is CCCCCCCCCCCCN(CCCCCCCCCCCC)C(CCC)(CCC)C(CCC)(CCC)OC(=O)[C@@H]1N2C(=O)[C@@H](NC(=O)Cc3ccccc3)[C@H]2SC1(C)C. The first-order valence-corrected chi connectivity index (χ1v) is 27.2. The number of fused-ring (bicyclic) bond motifs is 1. The van der Waals surface area contributed by atoms with Gasteiger partial charge in [0.2, 0.25) is 11.8 Å². The zero-order valence-corrected chi connectivity index (χ0v) is 42.3. The van der Waals surface area contributed by atoms with Gasteiger partial charge in [-0.2, -0.15) is 0 Å². The number of nitrogens with zero attached hydrogens (tertiary/aromatic N) is 2. The van der Waals surface area contributed by atoms with E-state index in [4.69, 9.17) is 4.74 Å². The number of esters is 1. The first-order chi connectivity index (χ1) is 30.0. The van der Waals surface area contributed by atoms with Crippen LogP contribution < -0.4 is 5.32 Å². The van der Waals surface area contributed by atoms with E-state index in [-0.39, 0.29) is 35.1 Å². The lowest BCUT2D eigenvalue weighted by atomic mass is 9.67. The van der Waals surface area contributed by atoms with E-state index in [1.165, 1.54) is 128 Å². The minimum Gasteiger partial charge on any atom is -0.456 e.